The first kappa shape index (κ1) is 16.7. The van der Waals surface area contributed by atoms with Crippen molar-refractivity contribution in [2.75, 3.05) is 0 Å². The maximum atomic E-state index is 9.22. The van der Waals surface area contributed by atoms with Crippen molar-refractivity contribution in [3.8, 4) is 0 Å². The molecule has 0 aliphatic heterocycles. The normalized spacial score (nSPS) is 9.50. The van der Waals surface area contributed by atoms with E-state index in [1.54, 1.807) is 11.1 Å². The van der Waals surface area contributed by atoms with Gasteiger partial charge in [0.25, 0.3) is 0 Å². The van der Waals surface area contributed by atoms with Crippen LogP contribution in [-0.2, 0) is 17.6 Å². The molecule has 1 rings (SSSR count). The summed E-state index contributed by atoms with van der Waals surface area (Å²) in [7, 11) is 0. The monoisotopic (exact) mass is 249 g/mol. The number of carbonyl (C=O) groups is 1. The van der Waals surface area contributed by atoms with Crippen molar-refractivity contribution in [1.82, 2.24) is 0 Å². The standard InChI is InChI=1S/C14H22.C2H5NO/c1-3-5-9-13-11-7-8-12-14(13)10-6-4-2;1-2(3)4/h7-8,11-12H,3-6,9-10H2,1-2H3;1H3,(H2,3,4). The number of benzene rings is 1. The molecule has 0 aliphatic rings. The van der Waals surface area contributed by atoms with Crippen molar-refractivity contribution in [2.24, 2.45) is 5.73 Å². The van der Waals surface area contributed by atoms with E-state index in [-0.39, 0.29) is 5.91 Å². The number of aryl methyl sites for hydroxylation is 2. The molecule has 2 N–H and O–H groups in total. The molecule has 2 nitrogen and oxygen atoms in total. The fourth-order valence-electron chi connectivity index (χ4n) is 1.78. The van der Waals surface area contributed by atoms with E-state index in [1.165, 1.54) is 45.4 Å². The third-order valence-corrected chi connectivity index (χ3v) is 2.72. The van der Waals surface area contributed by atoms with Crippen LogP contribution in [0.4, 0.5) is 0 Å². The fraction of sp³-hybridized carbons (Fsp3) is 0.562. The molecule has 1 aromatic rings. The SMILES string of the molecule is CC(N)=O.CCCCc1ccccc1CCCC. The third-order valence-electron chi connectivity index (χ3n) is 2.72. The Balaban J connectivity index is 0.000000631. The van der Waals surface area contributed by atoms with Crippen molar-refractivity contribution < 1.29 is 4.79 Å². The van der Waals surface area contributed by atoms with Gasteiger partial charge in [0.05, 0.1) is 0 Å². The molecule has 0 atom stereocenters. The Kier molecular flexibility index (Phi) is 10.0. The zero-order valence-corrected chi connectivity index (χ0v) is 12.0. The predicted molar refractivity (Wildman–Crippen MR) is 78.5 cm³/mol. The van der Waals surface area contributed by atoms with E-state index in [0.717, 1.165) is 0 Å². The van der Waals surface area contributed by atoms with Crippen LogP contribution >= 0.6 is 0 Å². The average Bonchev–Trinajstić information content (AvgIpc) is 2.34. The van der Waals surface area contributed by atoms with Crippen LogP contribution in [0.15, 0.2) is 24.3 Å². The van der Waals surface area contributed by atoms with Crippen LogP contribution in [0.1, 0.15) is 57.6 Å². The first-order valence-corrected chi connectivity index (χ1v) is 6.94. The van der Waals surface area contributed by atoms with Gasteiger partial charge < -0.3 is 5.73 Å². The lowest BCUT2D eigenvalue weighted by Gasteiger charge is -2.07. The summed E-state index contributed by atoms with van der Waals surface area (Å²) in [5.41, 5.74) is 7.62. The quantitative estimate of drug-likeness (QED) is 0.817. The molecule has 0 fully saturated rings. The molecule has 0 unspecified atom stereocenters. The topological polar surface area (TPSA) is 43.1 Å². The van der Waals surface area contributed by atoms with Gasteiger partial charge in [-0.3, -0.25) is 4.79 Å². The van der Waals surface area contributed by atoms with E-state index in [0.29, 0.717) is 0 Å². The third kappa shape index (κ3) is 8.80. The number of hydrogen-bond acceptors (Lipinski definition) is 1. The molecular formula is C16H27NO. The summed E-state index contributed by atoms with van der Waals surface area (Å²) in [5, 5.41) is 0. The van der Waals surface area contributed by atoms with E-state index >= 15 is 0 Å². The minimum atomic E-state index is -0.333. The lowest BCUT2D eigenvalue weighted by atomic mass is 9.98. The minimum absolute atomic E-state index is 0.333. The highest BCUT2D eigenvalue weighted by Gasteiger charge is 1.99. The Morgan fingerprint density at radius 1 is 1.00 bits per heavy atom. The molecule has 0 aliphatic carbocycles. The second-order valence-electron chi connectivity index (χ2n) is 4.59. The first-order valence-electron chi connectivity index (χ1n) is 6.94. The van der Waals surface area contributed by atoms with Gasteiger partial charge in [0, 0.05) is 6.92 Å². The van der Waals surface area contributed by atoms with Crippen molar-refractivity contribution in [1.29, 1.82) is 0 Å². The average molecular weight is 249 g/mol. The van der Waals surface area contributed by atoms with Crippen LogP contribution in [0.5, 0.6) is 0 Å². The molecule has 0 spiro atoms. The summed E-state index contributed by atoms with van der Waals surface area (Å²) in [6.07, 6.45) is 7.75. The van der Waals surface area contributed by atoms with E-state index in [2.05, 4.69) is 43.8 Å². The number of primary amides is 1. The number of rotatable bonds is 6. The second-order valence-corrected chi connectivity index (χ2v) is 4.59. The summed E-state index contributed by atoms with van der Waals surface area (Å²) in [6, 6.07) is 8.92. The van der Waals surface area contributed by atoms with Crippen molar-refractivity contribution in [2.45, 2.75) is 59.3 Å². The van der Waals surface area contributed by atoms with Crippen molar-refractivity contribution >= 4 is 5.91 Å². The van der Waals surface area contributed by atoms with Gasteiger partial charge in [-0.25, -0.2) is 0 Å². The highest BCUT2D eigenvalue weighted by molar-refractivity contribution is 5.70. The Bertz CT molecular complexity index is 303. The number of hydrogen-bond donors (Lipinski definition) is 1. The summed E-state index contributed by atoms with van der Waals surface area (Å²) < 4.78 is 0. The molecule has 0 aromatic heterocycles. The van der Waals surface area contributed by atoms with E-state index in [1.807, 2.05) is 0 Å². The number of carbonyl (C=O) groups excluding carboxylic acids is 1. The lowest BCUT2D eigenvalue weighted by Crippen LogP contribution is -2.01. The molecule has 0 saturated heterocycles. The van der Waals surface area contributed by atoms with Gasteiger partial charge >= 0.3 is 0 Å². The van der Waals surface area contributed by atoms with Crippen LogP contribution < -0.4 is 5.73 Å². The van der Waals surface area contributed by atoms with E-state index < -0.39 is 0 Å². The molecule has 0 radical (unpaired) electrons. The van der Waals surface area contributed by atoms with Gasteiger partial charge in [0.15, 0.2) is 0 Å². The molecule has 1 amide bonds. The Morgan fingerprint density at radius 2 is 1.33 bits per heavy atom. The smallest absolute Gasteiger partial charge is 0.214 e. The Labute approximate surface area is 112 Å². The van der Waals surface area contributed by atoms with Gasteiger partial charge in [-0.2, -0.15) is 0 Å². The number of amides is 1. The molecule has 0 heterocycles. The van der Waals surface area contributed by atoms with Crippen molar-refractivity contribution in [3.05, 3.63) is 35.4 Å². The lowest BCUT2D eigenvalue weighted by molar-refractivity contribution is -0.115. The molecule has 0 saturated carbocycles. The summed E-state index contributed by atoms with van der Waals surface area (Å²) in [4.78, 5) is 9.22. The molecule has 0 bridgehead atoms. The maximum absolute atomic E-state index is 9.22. The summed E-state index contributed by atoms with van der Waals surface area (Å²) in [6.45, 7) is 5.82. The zero-order valence-electron chi connectivity index (χ0n) is 12.0. The molecule has 102 valence electrons. The zero-order chi connectivity index (χ0) is 13.8. The highest BCUT2D eigenvalue weighted by atomic mass is 16.1. The Morgan fingerprint density at radius 3 is 1.61 bits per heavy atom. The van der Waals surface area contributed by atoms with Gasteiger partial charge in [-0.05, 0) is 36.8 Å². The molecule has 2 heteroatoms. The summed E-state index contributed by atoms with van der Waals surface area (Å²) in [5.74, 6) is -0.333. The van der Waals surface area contributed by atoms with Crippen LogP contribution in [0.3, 0.4) is 0 Å². The largest absolute Gasteiger partial charge is 0.370 e. The van der Waals surface area contributed by atoms with Crippen LogP contribution in [0.2, 0.25) is 0 Å². The highest BCUT2D eigenvalue weighted by Crippen LogP contribution is 2.14. The second kappa shape index (κ2) is 10.8. The molecular weight excluding hydrogens is 222 g/mol. The predicted octanol–water partition coefficient (Wildman–Crippen LogP) is 3.86. The summed E-state index contributed by atoms with van der Waals surface area (Å²) >= 11 is 0. The molecule has 18 heavy (non-hydrogen) atoms. The van der Waals surface area contributed by atoms with Gasteiger partial charge in [-0.15, -0.1) is 0 Å². The van der Waals surface area contributed by atoms with E-state index in [9.17, 15) is 4.79 Å². The minimum Gasteiger partial charge on any atom is -0.370 e. The van der Waals surface area contributed by atoms with Crippen LogP contribution in [0.25, 0.3) is 0 Å². The maximum Gasteiger partial charge on any atom is 0.214 e. The Hall–Kier alpha value is -1.31. The fourth-order valence-corrected chi connectivity index (χ4v) is 1.78. The van der Waals surface area contributed by atoms with E-state index in [4.69, 9.17) is 0 Å². The number of unbranched alkanes of at least 4 members (excludes halogenated alkanes) is 2. The number of nitrogens with two attached hydrogens (primary N) is 1. The van der Waals surface area contributed by atoms with Gasteiger partial charge in [0.2, 0.25) is 5.91 Å². The van der Waals surface area contributed by atoms with Gasteiger partial charge in [0.1, 0.15) is 0 Å². The van der Waals surface area contributed by atoms with Crippen molar-refractivity contribution in [3.63, 3.8) is 0 Å². The first-order chi connectivity index (χ1) is 8.61. The van der Waals surface area contributed by atoms with Gasteiger partial charge in [-0.1, -0.05) is 51.0 Å². The molecule has 1 aromatic carbocycles. The van der Waals surface area contributed by atoms with Crippen LogP contribution in [0, 0.1) is 0 Å². The van der Waals surface area contributed by atoms with Crippen LogP contribution in [-0.4, -0.2) is 5.91 Å².